The second kappa shape index (κ2) is 7.28. The molecule has 6 nitrogen and oxygen atoms in total. The van der Waals surface area contributed by atoms with Crippen LogP contribution in [0.5, 0.6) is 0 Å². The first-order chi connectivity index (χ1) is 13.6. The smallest absolute Gasteiger partial charge is 0.208 e. The molecule has 3 atom stereocenters. The molecule has 0 aromatic carbocycles. The molecule has 3 unspecified atom stereocenters. The van der Waals surface area contributed by atoms with Gasteiger partial charge < -0.3 is 9.80 Å². The first kappa shape index (κ1) is 18.3. The fourth-order valence-electron chi connectivity index (χ4n) is 4.82. The number of nitrogens with zero attached hydrogens (tertiary/aromatic N) is 5. The molecule has 2 aromatic heterocycles. The van der Waals surface area contributed by atoms with Gasteiger partial charge in [-0.2, -0.15) is 5.10 Å². The Morgan fingerprint density at radius 2 is 2.18 bits per heavy atom. The molecule has 1 spiro atoms. The topological polar surface area (TPSA) is 60.9 Å². The number of hydrogen-bond donors (Lipinski definition) is 1. The van der Waals surface area contributed by atoms with Crippen LogP contribution >= 0.6 is 22.9 Å². The maximum Gasteiger partial charge on any atom is 0.208 e. The number of likely N-dealkylation sites (tertiary alicyclic amines) is 1. The summed E-state index contributed by atoms with van der Waals surface area (Å²) in [5.41, 5.74) is 2.58. The van der Waals surface area contributed by atoms with Gasteiger partial charge in [-0.3, -0.25) is 5.10 Å². The van der Waals surface area contributed by atoms with Gasteiger partial charge in [-0.15, -0.1) is 21.8 Å². The third-order valence-electron chi connectivity index (χ3n) is 6.27. The highest BCUT2D eigenvalue weighted by Gasteiger charge is 2.41. The van der Waals surface area contributed by atoms with Crippen LogP contribution in [0.4, 0.5) is 5.13 Å². The number of piperidine rings is 1. The molecule has 0 saturated carbocycles. The fraction of sp³-hybridized carbons (Fsp3) is 0.550. The lowest BCUT2D eigenvalue weighted by Gasteiger charge is -2.40. The van der Waals surface area contributed by atoms with Crippen LogP contribution < -0.4 is 4.90 Å². The Bertz CT molecular complexity index is 886. The Kier molecular flexibility index (Phi) is 4.77. The van der Waals surface area contributed by atoms with Crippen LogP contribution in [0.25, 0.3) is 5.57 Å². The molecule has 0 amide bonds. The first-order valence-corrected chi connectivity index (χ1v) is 11.2. The average Bonchev–Trinajstić information content (AvgIpc) is 3.43. The van der Waals surface area contributed by atoms with E-state index in [-0.39, 0.29) is 11.3 Å². The number of aromatic nitrogens is 4. The van der Waals surface area contributed by atoms with E-state index in [1.54, 1.807) is 11.3 Å². The van der Waals surface area contributed by atoms with Crippen LogP contribution in [0.1, 0.15) is 35.8 Å². The summed E-state index contributed by atoms with van der Waals surface area (Å²) in [6.07, 6.45) is 13.9. The second-order valence-electron chi connectivity index (χ2n) is 8.37. The van der Waals surface area contributed by atoms with Crippen molar-refractivity contribution in [3.63, 3.8) is 0 Å². The Hall–Kier alpha value is -1.70. The van der Waals surface area contributed by atoms with Gasteiger partial charge in [-0.25, -0.2) is 0 Å². The van der Waals surface area contributed by atoms with Gasteiger partial charge >= 0.3 is 0 Å². The summed E-state index contributed by atoms with van der Waals surface area (Å²) in [6.45, 7) is 4.59. The molecule has 0 bridgehead atoms. The Balaban J connectivity index is 1.31. The minimum absolute atomic E-state index is 0.0694. The summed E-state index contributed by atoms with van der Waals surface area (Å²) < 4.78 is 0. The second-order valence-corrected chi connectivity index (χ2v) is 9.87. The molecule has 2 fully saturated rings. The molecule has 5 rings (SSSR count). The summed E-state index contributed by atoms with van der Waals surface area (Å²) in [7, 11) is 2.23. The van der Waals surface area contributed by atoms with Crippen molar-refractivity contribution in [1.29, 1.82) is 0 Å². The van der Waals surface area contributed by atoms with E-state index in [1.807, 2.05) is 12.4 Å². The lowest BCUT2D eigenvalue weighted by atomic mass is 9.79. The third-order valence-corrected chi connectivity index (χ3v) is 7.76. The minimum Gasteiger partial charge on any atom is -0.346 e. The van der Waals surface area contributed by atoms with E-state index in [2.05, 4.69) is 55.5 Å². The van der Waals surface area contributed by atoms with Gasteiger partial charge in [0.15, 0.2) is 0 Å². The maximum absolute atomic E-state index is 6.70. The number of H-pyrrole nitrogens is 1. The van der Waals surface area contributed by atoms with Crippen LogP contribution in [0.15, 0.2) is 30.6 Å². The van der Waals surface area contributed by atoms with E-state index in [9.17, 15) is 0 Å². The van der Waals surface area contributed by atoms with Crippen molar-refractivity contribution in [3.8, 4) is 0 Å². The monoisotopic (exact) mass is 416 g/mol. The number of aromatic amines is 1. The zero-order chi connectivity index (χ0) is 19.1. The Morgan fingerprint density at radius 1 is 1.25 bits per heavy atom. The Labute approximate surface area is 174 Å². The molecule has 28 heavy (non-hydrogen) atoms. The molecule has 2 saturated heterocycles. The van der Waals surface area contributed by atoms with Gasteiger partial charge in [-0.1, -0.05) is 29.6 Å². The quantitative estimate of drug-likeness (QED) is 0.775. The van der Waals surface area contributed by atoms with Crippen LogP contribution in [0.2, 0.25) is 0 Å². The average molecular weight is 417 g/mol. The van der Waals surface area contributed by atoms with Gasteiger partial charge in [0.05, 0.1) is 17.5 Å². The van der Waals surface area contributed by atoms with Gasteiger partial charge in [0.2, 0.25) is 5.13 Å². The summed E-state index contributed by atoms with van der Waals surface area (Å²) >= 11 is 8.40. The SMILES string of the molecule is CN1CCC2(CCCN(c3nnc(C4C=CC(c5cn[nH]c5)=CC4Cl)s3)C2)C1. The highest BCUT2D eigenvalue weighted by molar-refractivity contribution is 7.15. The zero-order valence-corrected chi connectivity index (χ0v) is 17.6. The largest absolute Gasteiger partial charge is 0.346 e. The van der Waals surface area contributed by atoms with Crippen molar-refractivity contribution >= 4 is 33.6 Å². The van der Waals surface area contributed by atoms with Gasteiger partial charge in [0.25, 0.3) is 0 Å². The van der Waals surface area contributed by atoms with E-state index < -0.39 is 0 Å². The molecule has 2 aliphatic heterocycles. The van der Waals surface area contributed by atoms with E-state index in [0.29, 0.717) is 5.41 Å². The van der Waals surface area contributed by atoms with Crippen LogP contribution in [0.3, 0.4) is 0 Å². The Morgan fingerprint density at radius 3 is 2.93 bits per heavy atom. The fourth-order valence-corrected chi connectivity index (χ4v) is 6.23. The van der Waals surface area contributed by atoms with Gasteiger partial charge in [0, 0.05) is 36.8 Å². The van der Waals surface area contributed by atoms with Crippen molar-refractivity contribution in [3.05, 3.63) is 41.2 Å². The number of anilines is 1. The van der Waals surface area contributed by atoms with Crippen LogP contribution in [0, 0.1) is 5.41 Å². The number of alkyl halides is 1. The third kappa shape index (κ3) is 3.40. The van der Waals surface area contributed by atoms with E-state index in [0.717, 1.165) is 34.4 Å². The standard InChI is InChI=1S/C20H25ClN6S/c1-26-8-6-20(12-26)5-2-7-27(13-20)19-25-24-18(28-19)16-4-3-14(9-17(16)21)15-10-22-23-11-15/h3-4,9-11,16-17H,2,5-8,12-13H2,1H3,(H,22,23). The van der Waals surface area contributed by atoms with Crippen molar-refractivity contribution < 1.29 is 0 Å². The number of nitrogens with one attached hydrogen (secondary N) is 1. The highest BCUT2D eigenvalue weighted by Crippen LogP contribution is 2.42. The van der Waals surface area contributed by atoms with Crippen LogP contribution in [-0.2, 0) is 0 Å². The van der Waals surface area contributed by atoms with Gasteiger partial charge in [-0.05, 0) is 38.4 Å². The van der Waals surface area contributed by atoms with Crippen molar-refractivity contribution in [2.75, 3.05) is 38.1 Å². The molecule has 1 N–H and O–H groups in total. The zero-order valence-electron chi connectivity index (χ0n) is 16.0. The summed E-state index contributed by atoms with van der Waals surface area (Å²) in [5, 5.41) is 17.8. The predicted octanol–water partition coefficient (Wildman–Crippen LogP) is 3.53. The molecule has 8 heteroatoms. The minimum atomic E-state index is -0.133. The molecule has 4 heterocycles. The molecule has 148 valence electrons. The lowest BCUT2D eigenvalue weighted by Crippen LogP contribution is -2.44. The van der Waals surface area contributed by atoms with Crippen molar-refractivity contribution in [2.45, 2.75) is 30.6 Å². The first-order valence-electron chi connectivity index (χ1n) is 9.92. The molecule has 2 aromatic rings. The maximum atomic E-state index is 6.70. The van der Waals surface area contributed by atoms with E-state index in [1.165, 1.54) is 32.4 Å². The van der Waals surface area contributed by atoms with Crippen molar-refractivity contribution in [1.82, 2.24) is 25.3 Å². The molecular weight excluding hydrogens is 392 g/mol. The number of allylic oxidation sites excluding steroid dienone is 4. The number of hydrogen-bond acceptors (Lipinski definition) is 6. The molecule has 3 aliphatic rings. The van der Waals surface area contributed by atoms with Crippen molar-refractivity contribution in [2.24, 2.45) is 5.41 Å². The molecular formula is C20H25ClN6S. The summed E-state index contributed by atoms with van der Waals surface area (Å²) in [5.74, 6) is 0.0694. The van der Waals surface area contributed by atoms with E-state index >= 15 is 0 Å². The normalized spacial score (nSPS) is 30.9. The predicted molar refractivity (Wildman–Crippen MR) is 114 cm³/mol. The van der Waals surface area contributed by atoms with Gasteiger partial charge in [0.1, 0.15) is 5.01 Å². The number of halogens is 1. The van der Waals surface area contributed by atoms with E-state index in [4.69, 9.17) is 11.6 Å². The lowest BCUT2D eigenvalue weighted by molar-refractivity contribution is 0.234. The highest BCUT2D eigenvalue weighted by atomic mass is 35.5. The molecule has 0 radical (unpaired) electrons. The number of rotatable bonds is 3. The molecule has 1 aliphatic carbocycles. The van der Waals surface area contributed by atoms with Crippen LogP contribution in [-0.4, -0.2) is 63.9 Å². The summed E-state index contributed by atoms with van der Waals surface area (Å²) in [4.78, 5) is 4.91. The summed E-state index contributed by atoms with van der Waals surface area (Å²) in [6, 6.07) is 0.